The molecule has 106 valence electrons. The summed E-state index contributed by atoms with van der Waals surface area (Å²) in [5, 5.41) is 1.76. The Kier molecular flexibility index (Phi) is 3.41. The molecule has 0 amide bonds. The lowest BCUT2D eigenvalue weighted by molar-refractivity contribution is 0.0479. The minimum absolute atomic E-state index is 0.330. The van der Waals surface area contributed by atoms with Gasteiger partial charge in [0.2, 0.25) is 0 Å². The summed E-state index contributed by atoms with van der Waals surface area (Å²) in [7, 11) is 0. The second-order valence-corrected chi connectivity index (χ2v) is 5.26. The second kappa shape index (κ2) is 5.37. The Morgan fingerprint density at radius 2 is 1.95 bits per heavy atom. The van der Waals surface area contributed by atoms with Gasteiger partial charge in [-0.3, -0.25) is 4.79 Å². The van der Waals surface area contributed by atoms with Crippen molar-refractivity contribution < 1.29 is 14.3 Å². The zero-order valence-electron chi connectivity index (χ0n) is 10.7. The van der Waals surface area contributed by atoms with E-state index in [1.807, 2.05) is 0 Å². The lowest BCUT2D eigenvalue weighted by Gasteiger charge is -2.03. The number of fused-ring (bicyclic) bond motifs is 1. The fraction of sp³-hybridized carbons (Fsp3) is 0.0714. The molecule has 0 saturated carbocycles. The summed E-state index contributed by atoms with van der Waals surface area (Å²) in [6, 6.07) is 8.12. The number of nitrogens with one attached hydrogen (secondary N) is 2. The van der Waals surface area contributed by atoms with Crippen molar-refractivity contribution in [2.24, 2.45) is 0 Å². The first-order chi connectivity index (χ1) is 10.1. The number of esters is 1. The minimum Gasteiger partial charge on any atom is -0.453 e. The van der Waals surface area contributed by atoms with E-state index in [1.54, 1.807) is 35.7 Å². The molecule has 2 aromatic heterocycles. The third-order valence-electron chi connectivity index (χ3n) is 2.89. The minimum atomic E-state index is -0.519. The van der Waals surface area contributed by atoms with Gasteiger partial charge in [-0.05, 0) is 29.6 Å². The number of rotatable bonds is 4. The van der Waals surface area contributed by atoms with Crippen LogP contribution in [0.4, 0.5) is 0 Å². The van der Waals surface area contributed by atoms with Crippen molar-refractivity contribution in [3.05, 3.63) is 56.6 Å². The van der Waals surface area contributed by atoms with Crippen LogP contribution in [0.3, 0.4) is 0 Å². The molecule has 0 unspecified atom stereocenters. The van der Waals surface area contributed by atoms with E-state index in [9.17, 15) is 14.4 Å². The van der Waals surface area contributed by atoms with Gasteiger partial charge in [0.15, 0.2) is 12.4 Å². The number of carbonyl (C=O) groups is 2. The average molecular weight is 302 g/mol. The van der Waals surface area contributed by atoms with Crippen molar-refractivity contribution in [3.8, 4) is 0 Å². The summed E-state index contributed by atoms with van der Waals surface area (Å²) < 4.78 is 4.96. The normalized spacial score (nSPS) is 10.7. The second-order valence-electron chi connectivity index (χ2n) is 4.32. The Morgan fingerprint density at radius 1 is 1.14 bits per heavy atom. The highest BCUT2D eigenvalue weighted by Crippen LogP contribution is 2.13. The molecule has 21 heavy (non-hydrogen) atoms. The maximum absolute atomic E-state index is 12.0. The molecule has 0 fully saturated rings. The molecule has 0 radical (unpaired) electrons. The highest BCUT2D eigenvalue weighted by Gasteiger charge is 2.13. The highest BCUT2D eigenvalue weighted by atomic mass is 32.1. The van der Waals surface area contributed by atoms with Gasteiger partial charge in [-0.25, -0.2) is 9.59 Å². The lowest BCUT2D eigenvalue weighted by Crippen LogP contribution is -2.13. The fourth-order valence-electron chi connectivity index (χ4n) is 1.89. The van der Waals surface area contributed by atoms with Crippen molar-refractivity contribution >= 4 is 34.1 Å². The van der Waals surface area contributed by atoms with Crippen molar-refractivity contribution in [2.45, 2.75) is 0 Å². The number of imidazole rings is 1. The van der Waals surface area contributed by atoms with Crippen LogP contribution in [0.5, 0.6) is 0 Å². The van der Waals surface area contributed by atoms with Crippen LogP contribution in [0.2, 0.25) is 0 Å². The predicted molar refractivity (Wildman–Crippen MR) is 77.9 cm³/mol. The SMILES string of the molecule is O=C(COC(=O)c1cccs1)c1ccc2[nH]c(=O)[nH]c2c1. The number of aromatic amines is 2. The molecule has 0 aliphatic rings. The molecule has 6 nitrogen and oxygen atoms in total. The van der Waals surface area contributed by atoms with E-state index < -0.39 is 5.97 Å². The van der Waals surface area contributed by atoms with Crippen molar-refractivity contribution in [1.29, 1.82) is 0 Å². The van der Waals surface area contributed by atoms with Crippen LogP contribution in [0, 0.1) is 0 Å². The zero-order chi connectivity index (χ0) is 14.8. The van der Waals surface area contributed by atoms with Crippen LogP contribution in [0.15, 0.2) is 40.5 Å². The summed E-state index contributed by atoms with van der Waals surface area (Å²) >= 11 is 1.25. The molecule has 3 rings (SSSR count). The average Bonchev–Trinajstić information content (AvgIpc) is 3.11. The summed E-state index contributed by atoms with van der Waals surface area (Å²) in [6.07, 6.45) is 0. The molecular formula is C14H10N2O4S. The predicted octanol–water partition coefficient (Wildman–Crippen LogP) is 1.96. The van der Waals surface area contributed by atoms with Gasteiger partial charge in [0.1, 0.15) is 4.88 Å². The number of ether oxygens (including phenoxy) is 1. The van der Waals surface area contributed by atoms with E-state index in [-0.39, 0.29) is 18.1 Å². The number of aromatic nitrogens is 2. The molecular weight excluding hydrogens is 292 g/mol. The number of H-pyrrole nitrogens is 2. The molecule has 2 N–H and O–H groups in total. The number of hydrogen-bond acceptors (Lipinski definition) is 5. The van der Waals surface area contributed by atoms with Gasteiger partial charge in [-0.15, -0.1) is 11.3 Å². The molecule has 1 aromatic carbocycles. The fourth-order valence-corrected chi connectivity index (χ4v) is 2.50. The first-order valence-electron chi connectivity index (χ1n) is 6.09. The Morgan fingerprint density at radius 3 is 2.71 bits per heavy atom. The molecule has 0 saturated heterocycles. The Labute approximate surface area is 122 Å². The number of ketones is 1. The van der Waals surface area contributed by atoms with Gasteiger partial charge < -0.3 is 14.7 Å². The molecule has 0 aliphatic carbocycles. The monoisotopic (exact) mass is 302 g/mol. The summed E-state index contributed by atoms with van der Waals surface area (Å²) in [4.78, 5) is 40.4. The zero-order valence-corrected chi connectivity index (χ0v) is 11.5. The Hall–Kier alpha value is -2.67. The van der Waals surface area contributed by atoms with Crippen LogP contribution >= 0.6 is 11.3 Å². The van der Waals surface area contributed by atoms with Crippen LogP contribution in [0.1, 0.15) is 20.0 Å². The maximum Gasteiger partial charge on any atom is 0.348 e. The van der Waals surface area contributed by atoms with E-state index in [0.29, 0.717) is 21.5 Å². The number of hydrogen-bond donors (Lipinski definition) is 2. The maximum atomic E-state index is 12.0. The van der Waals surface area contributed by atoms with E-state index in [4.69, 9.17) is 4.74 Å². The molecule has 3 aromatic rings. The molecule has 0 aliphatic heterocycles. The topological polar surface area (TPSA) is 92.0 Å². The molecule has 0 atom stereocenters. The van der Waals surface area contributed by atoms with Crippen LogP contribution < -0.4 is 5.69 Å². The Bertz CT molecular complexity index is 861. The molecule has 0 spiro atoms. The van der Waals surface area contributed by atoms with Gasteiger partial charge in [0.25, 0.3) is 0 Å². The van der Waals surface area contributed by atoms with Crippen LogP contribution in [-0.4, -0.2) is 28.3 Å². The van der Waals surface area contributed by atoms with Crippen molar-refractivity contribution in [3.63, 3.8) is 0 Å². The third kappa shape index (κ3) is 2.77. The van der Waals surface area contributed by atoms with Crippen LogP contribution in [0.25, 0.3) is 11.0 Å². The van der Waals surface area contributed by atoms with E-state index in [2.05, 4.69) is 9.97 Å². The largest absolute Gasteiger partial charge is 0.453 e. The number of benzene rings is 1. The van der Waals surface area contributed by atoms with Gasteiger partial charge in [0.05, 0.1) is 11.0 Å². The quantitative estimate of drug-likeness (QED) is 0.569. The van der Waals surface area contributed by atoms with Gasteiger partial charge in [0, 0.05) is 5.56 Å². The van der Waals surface area contributed by atoms with E-state index in [0.717, 1.165) is 0 Å². The smallest absolute Gasteiger partial charge is 0.348 e. The van der Waals surface area contributed by atoms with Crippen molar-refractivity contribution in [1.82, 2.24) is 9.97 Å². The highest BCUT2D eigenvalue weighted by molar-refractivity contribution is 7.11. The van der Waals surface area contributed by atoms with Crippen molar-refractivity contribution in [2.75, 3.05) is 6.61 Å². The van der Waals surface area contributed by atoms with Gasteiger partial charge >= 0.3 is 11.7 Å². The molecule has 7 heteroatoms. The van der Waals surface area contributed by atoms with Gasteiger partial charge in [-0.2, -0.15) is 0 Å². The number of thiophene rings is 1. The van der Waals surface area contributed by atoms with Crippen LogP contribution in [-0.2, 0) is 4.74 Å². The summed E-state index contributed by atoms with van der Waals surface area (Å²) in [6.45, 7) is -0.336. The molecule has 0 bridgehead atoms. The third-order valence-corrected chi connectivity index (χ3v) is 3.74. The van der Waals surface area contributed by atoms with E-state index >= 15 is 0 Å². The van der Waals surface area contributed by atoms with Gasteiger partial charge in [-0.1, -0.05) is 6.07 Å². The van der Waals surface area contributed by atoms with E-state index in [1.165, 1.54) is 11.3 Å². The first-order valence-corrected chi connectivity index (χ1v) is 6.97. The number of Topliss-reactive ketones (excluding diaryl/α,β-unsaturated/α-hetero) is 1. The summed E-state index contributed by atoms with van der Waals surface area (Å²) in [5.74, 6) is -0.849. The number of carbonyl (C=O) groups excluding carboxylic acids is 2. The standard InChI is InChI=1S/C14H10N2O4S/c17-11(7-20-13(18)12-2-1-5-21-12)8-3-4-9-10(6-8)16-14(19)15-9/h1-6H,7H2,(H2,15,16,19). The molecule has 2 heterocycles. The lowest BCUT2D eigenvalue weighted by atomic mass is 10.1. The first kappa shape index (κ1) is 13.3. The Balaban J connectivity index is 1.71. The summed E-state index contributed by atoms with van der Waals surface area (Å²) in [5.41, 5.74) is 1.19.